The normalized spacial score (nSPS) is 18.3. The van der Waals surface area contributed by atoms with Crippen molar-refractivity contribution in [2.24, 2.45) is 5.92 Å². The van der Waals surface area contributed by atoms with Gasteiger partial charge in [0.05, 0.1) is 6.61 Å². The number of piperidine rings is 1. The minimum atomic E-state index is -0.512. The third-order valence-electron chi connectivity index (χ3n) is 3.14. The molecule has 0 radical (unpaired) electrons. The van der Waals surface area contributed by atoms with Crippen LogP contribution in [-0.4, -0.2) is 54.7 Å². The van der Waals surface area contributed by atoms with Crippen molar-refractivity contribution in [3.63, 3.8) is 0 Å². The van der Waals surface area contributed by atoms with Gasteiger partial charge in [0.25, 0.3) is 5.91 Å². The van der Waals surface area contributed by atoms with E-state index < -0.39 is 11.5 Å². The molecule has 0 aromatic carbocycles. The molecule has 2 N–H and O–H groups in total. The van der Waals surface area contributed by atoms with Gasteiger partial charge in [-0.1, -0.05) is 0 Å². The summed E-state index contributed by atoms with van der Waals surface area (Å²) in [4.78, 5) is 35.8. The number of rotatable bonds is 4. The standard InChI is InChI=1S/C15H27N3O5/c1-11(19)16-17-13(20)10-22-9-12-6-5-7-18(8-12)14(21)23-15(2,3)4/h12H,5-10H2,1-4H3,(H,16,19)(H,17,20)/t12-/m0/s1. The second kappa shape index (κ2) is 8.71. The van der Waals surface area contributed by atoms with E-state index in [0.717, 1.165) is 12.8 Å². The number of likely N-dealkylation sites (tertiary alicyclic amines) is 1. The number of ether oxygens (including phenoxy) is 2. The molecule has 132 valence electrons. The molecule has 0 aliphatic carbocycles. The van der Waals surface area contributed by atoms with E-state index >= 15 is 0 Å². The van der Waals surface area contributed by atoms with Crippen LogP contribution in [0.15, 0.2) is 0 Å². The van der Waals surface area contributed by atoms with Gasteiger partial charge in [-0.25, -0.2) is 4.79 Å². The van der Waals surface area contributed by atoms with Gasteiger partial charge in [-0.15, -0.1) is 0 Å². The summed E-state index contributed by atoms with van der Waals surface area (Å²) in [5, 5.41) is 0. The maximum absolute atomic E-state index is 12.0. The molecule has 1 heterocycles. The first-order chi connectivity index (χ1) is 10.7. The summed E-state index contributed by atoms with van der Waals surface area (Å²) in [6, 6.07) is 0. The minimum Gasteiger partial charge on any atom is -0.444 e. The van der Waals surface area contributed by atoms with E-state index in [9.17, 15) is 14.4 Å². The van der Waals surface area contributed by atoms with Crippen molar-refractivity contribution in [3.05, 3.63) is 0 Å². The van der Waals surface area contributed by atoms with Crippen LogP contribution in [0.4, 0.5) is 4.79 Å². The molecule has 1 rings (SSSR count). The molecular weight excluding hydrogens is 302 g/mol. The maximum atomic E-state index is 12.0. The van der Waals surface area contributed by atoms with E-state index in [1.807, 2.05) is 20.8 Å². The monoisotopic (exact) mass is 329 g/mol. The third kappa shape index (κ3) is 8.39. The molecule has 0 bridgehead atoms. The van der Waals surface area contributed by atoms with Crippen molar-refractivity contribution in [3.8, 4) is 0 Å². The molecule has 0 saturated carbocycles. The lowest BCUT2D eigenvalue weighted by Gasteiger charge is -2.34. The fourth-order valence-electron chi connectivity index (χ4n) is 2.21. The summed E-state index contributed by atoms with van der Waals surface area (Å²) in [5.74, 6) is -0.594. The lowest BCUT2D eigenvalue weighted by molar-refractivity contribution is -0.131. The number of carbonyl (C=O) groups is 3. The third-order valence-corrected chi connectivity index (χ3v) is 3.14. The van der Waals surface area contributed by atoms with Crippen LogP contribution < -0.4 is 10.9 Å². The highest BCUT2D eigenvalue weighted by atomic mass is 16.6. The molecule has 1 atom stereocenters. The summed E-state index contributed by atoms with van der Waals surface area (Å²) in [6.45, 7) is 8.29. The van der Waals surface area contributed by atoms with Gasteiger partial charge in [-0.2, -0.15) is 0 Å². The Balaban J connectivity index is 2.29. The Morgan fingerprint density at radius 2 is 1.91 bits per heavy atom. The molecule has 1 aliphatic heterocycles. The molecule has 0 unspecified atom stereocenters. The van der Waals surface area contributed by atoms with Crippen molar-refractivity contribution in [1.29, 1.82) is 0 Å². The van der Waals surface area contributed by atoms with Gasteiger partial charge >= 0.3 is 6.09 Å². The number of carbonyl (C=O) groups excluding carboxylic acids is 3. The average Bonchev–Trinajstić information content (AvgIpc) is 2.43. The Labute approximate surface area is 136 Å². The van der Waals surface area contributed by atoms with Crippen LogP contribution in [0.3, 0.4) is 0 Å². The molecule has 1 aliphatic rings. The van der Waals surface area contributed by atoms with Crippen molar-refractivity contribution >= 4 is 17.9 Å². The van der Waals surface area contributed by atoms with E-state index in [-0.39, 0.29) is 24.5 Å². The van der Waals surface area contributed by atoms with Crippen LogP contribution in [0.2, 0.25) is 0 Å². The number of amides is 3. The van der Waals surface area contributed by atoms with Crippen LogP contribution in [0.5, 0.6) is 0 Å². The van der Waals surface area contributed by atoms with Crippen LogP contribution >= 0.6 is 0 Å². The lowest BCUT2D eigenvalue weighted by Crippen LogP contribution is -2.44. The predicted molar refractivity (Wildman–Crippen MR) is 83.3 cm³/mol. The van der Waals surface area contributed by atoms with Crippen LogP contribution in [0.25, 0.3) is 0 Å². The van der Waals surface area contributed by atoms with Gasteiger partial charge < -0.3 is 14.4 Å². The number of hydrogen-bond donors (Lipinski definition) is 2. The molecular formula is C15H27N3O5. The number of hydrazine groups is 1. The highest BCUT2D eigenvalue weighted by Crippen LogP contribution is 2.19. The van der Waals surface area contributed by atoms with Crippen molar-refractivity contribution in [2.45, 2.75) is 46.1 Å². The number of hydrogen-bond acceptors (Lipinski definition) is 5. The van der Waals surface area contributed by atoms with Crippen molar-refractivity contribution < 1.29 is 23.9 Å². The zero-order valence-corrected chi connectivity index (χ0v) is 14.3. The zero-order chi connectivity index (χ0) is 17.5. The van der Waals surface area contributed by atoms with E-state index in [1.165, 1.54) is 6.92 Å². The first-order valence-electron chi connectivity index (χ1n) is 7.78. The molecule has 8 heteroatoms. The van der Waals surface area contributed by atoms with Gasteiger partial charge in [0.1, 0.15) is 12.2 Å². The first-order valence-corrected chi connectivity index (χ1v) is 7.78. The minimum absolute atomic E-state index is 0.136. The summed E-state index contributed by atoms with van der Waals surface area (Å²) in [6.07, 6.45) is 1.50. The quantitative estimate of drug-likeness (QED) is 0.744. The molecule has 23 heavy (non-hydrogen) atoms. The highest BCUT2D eigenvalue weighted by Gasteiger charge is 2.27. The van der Waals surface area contributed by atoms with E-state index in [4.69, 9.17) is 9.47 Å². The fourth-order valence-corrected chi connectivity index (χ4v) is 2.21. The first kappa shape index (κ1) is 19.2. The molecule has 0 aromatic rings. The Hall–Kier alpha value is -1.83. The van der Waals surface area contributed by atoms with E-state index in [0.29, 0.717) is 19.7 Å². The Kier molecular flexibility index (Phi) is 7.28. The smallest absolute Gasteiger partial charge is 0.410 e. The number of nitrogens with zero attached hydrogens (tertiary/aromatic N) is 1. The van der Waals surface area contributed by atoms with Gasteiger partial charge in [0.2, 0.25) is 5.91 Å². The second-order valence-corrected chi connectivity index (χ2v) is 6.68. The lowest BCUT2D eigenvalue weighted by atomic mass is 9.99. The molecule has 0 spiro atoms. The van der Waals surface area contributed by atoms with Gasteiger partial charge in [-0.05, 0) is 33.6 Å². The summed E-state index contributed by atoms with van der Waals surface area (Å²) in [7, 11) is 0. The Morgan fingerprint density at radius 3 is 2.52 bits per heavy atom. The van der Waals surface area contributed by atoms with Crippen molar-refractivity contribution in [1.82, 2.24) is 15.8 Å². The molecule has 1 saturated heterocycles. The summed E-state index contributed by atoms with van der Waals surface area (Å²) < 4.78 is 10.7. The Bertz CT molecular complexity index is 433. The van der Waals surface area contributed by atoms with Gasteiger partial charge in [-0.3, -0.25) is 20.4 Å². The summed E-state index contributed by atoms with van der Waals surface area (Å²) in [5.41, 5.74) is 3.90. The molecule has 8 nitrogen and oxygen atoms in total. The topological polar surface area (TPSA) is 97.0 Å². The molecule has 1 fully saturated rings. The second-order valence-electron chi connectivity index (χ2n) is 6.68. The van der Waals surface area contributed by atoms with Crippen LogP contribution in [0, 0.1) is 5.92 Å². The Morgan fingerprint density at radius 1 is 1.22 bits per heavy atom. The zero-order valence-electron chi connectivity index (χ0n) is 14.3. The largest absolute Gasteiger partial charge is 0.444 e. The van der Waals surface area contributed by atoms with E-state index in [2.05, 4.69) is 10.9 Å². The number of nitrogens with one attached hydrogen (secondary N) is 2. The molecule has 0 aromatic heterocycles. The molecule has 3 amide bonds. The fraction of sp³-hybridized carbons (Fsp3) is 0.800. The summed E-state index contributed by atoms with van der Waals surface area (Å²) >= 11 is 0. The van der Waals surface area contributed by atoms with Crippen molar-refractivity contribution in [2.75, 3.05) is 26.3 Å². The van der Waals surface area contributed by atoms with Gasteiger partial charge in [0.15, 0.2) is 0 Å². The SMILES string of the molecule is CC(=O)NNC(=O)COC[C@H]1CCCN(C(=O)OC(C)(C)C)C1. The predicted octanol–water partition coefficient (Wildman–Crippen LogP) is 0.817. The average molecular weight is 329 g/mol. The van der Waals surface area contributed by atoms with E-state index in [1.54, 1.807) is 4.90 Å². The van der Waals surface area contributed by atoms with Crippen LogP contribution in [-0.2, 0) is 19.1 Å². The maximum Gasteiger partial charge on any atom is 0.410 e. The van der Waals surface area contributed by atoms with Crippen LogP contribution in [0.1, 0.15) is 40.5 Å². The highest BCUT2D eigenvalue weighted by molar-refractivity contribution is 5.81. The van der Waals surface area contributed by atoms with Gasteiger partial charge in [0, 0.05) is 25.9 Å².